The van der Waals surface area contributed by atoms with Crippen LogP contribution in [-0.4, -0.2) is 0 Å². The van der Waals surface area contributed by atoms with Crippen molar-refractivity contribution in [2.75, 3.05) is 0 Å². The van der Waals surface area contributed by atoms with Crippen molar-refractivity contribution in [2.45, 2.75) is 64.2 Å². The predicted octanol–water partition coefficient (Wildman–Crippen LogP) is 9.12. The van der Waals surface area contributed by atoms with Crippen LogP contribution in [0.1, 0.15) is 49.9 Å². The lowest BCUT2D eigenvalue weighted by Gasteiger charge is -2.24. The van der Waals surface area contributed by atoms with E-state index in [-0.39, 0.29) is 0 Å². The van der Waals surface area contributed by atoms with Gasteiger partial charge in [0.25, 0.3) is 0 Å². The van der Waals surface area contributed by atoms with E-state index in [0.717, 1.165) is 12.8 Å². The summed E-state index contributed by atoms with van der Waals surface area (Å²) in [5, 5.41) is 8.31. The van der Waals surface area contributed by atoms with Gasteiger partial charge >= 0.3 is 0 Å². The zero-order valence-electron chi connectivity index (χ0n) is 22.6. The molecule has 0 saturated carbocycles. The third kappa shape index (κ3) is 3.65. The molecule has 0 atom stereocenters. The quantitative estimate of drug-likeness (QED) is 0.176. The van der Waals surface area contributed by atoms with Crippen molar-refractivity contribution < 1.29 is 4.57 Å². The van der Waals surface area contributed by atoms with Gasteiger partial charge in [0.2, 0.25) is 5.69 Å². The zero-order valence-corrected chi connectivity index (χ0v) is 23.4. The third-order valence-electron chi connectivity index (χ3n) is 7.84. The first-order chi connectivity index (χ1) is 17.2. The molecule has 0 aliphatic carbocycles. The number of nitrogens with zero attached hydrogens (tertiary/aromatic N) is 1. The molecule has 0 saturated heterocycles. The Bertz CT molecular complexity index is 1690. The maximum Gasteiger partial charge on any atom is 0.222 e. The molecule has 1 aromatic heterocycles. The molecule has 6 rings (SSSR count). The van der Waals surface area contributed by atoms with Gasteiger partial charge in [0.05, 0.1) is 10.9 Å². The molecule has 0 amide bonds. The van der Waals surface area contributed by atoms with E-state index in [1.54, 1.807) is 0 Å². The molecule has 182 valence electrons. The lowest BCUT2D eigenvalue weighted by atomic mass is 9.89. The van der Waals surface area contributed by atoms with E-state index in [2.05, 4.69) is 108 Å². The summed E-state index contributed by atoms with van der Waals surface area (Å²) in [5.74, 6) is 1.31. The summed E-state index contributed by atoms with van der Waals surface area (Å²) in [4.78, 5) is 2.80. The molecule has 0 N–H and O–H groups in total. The van der Waals surface area contributed by atoms with Gasteiger partial charge in [0.1, 0.15) is 7.05 Å². The van der Waals surface area contributed by atoms with Gasteiger partial charge < -0.3 is 0 Å². The maximum absolute atomic E-state index is 2.46. The normalized spacial score (nSPS) is 12.9. The Morgan fingerprint density at radius 2 is 1.39 bits per heavy atom. The molecule has 0 bridgehead atoms. The van der Waals surface area contributed by atoms with Gasteiger partial charge in [-0.15, -0.1) is 0 Å². The van der Waals surface area contributed by atoms with Crippen LogP contribution in [0.25, 0.3) is 43.6 Å². The first-order valence-corrected chi connectivity index (χ1v) is 14.2. The van der Waals surface area contributed by atoms with Gasteiger partial charge in [-0.2, -0.15) is 0 Å². The number of pyridine rings is 1. The monoisotopic (exact) mass is 490 g/mol. The van der Waals surface area contributed by atoms with Gasteiger partial charge in [0.15, 0.2) is 6.20 Å². The summed E-state index contributed by atoms with van der Waals surface area (Å²) >= 11 is 1.97. The van der Waals surface area contributed by atoms with E-state index in [4.69, 9.17) is 0 Å². The van der Waals surface area contributed by atoms with Crippen molar-refractivity contribution in [1.29, 1.82) is 0 Å². The molecule has 1 nitrogen and oxygen atoms in total. The highest BCUT2D eigenvalue weighted by atomic mass is 32.2. The lowest BCUT2D eigenvalue weighted by Crippen LogP contribution is -2.32. The van der Waals surface area contributed by atoms with Crippen LogP contribution in [0.2, 0.25) is 0 Å². The molecular weight excluding hydrogens is 454 g/mol. The van der Waals surface area contributed by atoms with Gasteiger partial charge in [-0.05, 0) is 88.4 Å². The topological polar surface area (TPSA) is 3.88 Å². The van der Waals surface area contributed by atoms with Crippen LogP contribution < -0.4 is 4.57 Å². The van der Waals surface area contributed by atoms with Crippen LogP contribution in [0.4, 0.5) is 0 Å². The smallest absolute Gasteiger partial charge is 0.200 e. The van der Waals surface area contributed by atoms with Crippen molar-refractivity contribution in [3.63, 3.8) is 0 Å². The van der Waals surface area contributed by atoms with Crippen molar-refractivity contribution >= 4 is 44.1 Å². The van der Waals surface area contributed by atoms with Gasteiger partial charge in [-0.25, -0.2) is 4.57 Å². The molecule has 5 aromatic rings. The molecule has 1 aliphatic rings. The van der Waals surface area contributed by atoms with E-state index in [1.165, 1.54) is 75.6 Å². The van der Waals surface area contributed by atoms with Crippen LogP contribution in [0.5, 0.6) is 0 Å². The lowest BCUT2D eigenvalue weighted by molar-refractivity contribution is -0.659. The first kappa shape index (κ1) is 23.6. The van der Waals surface area contributed by atoms with Gasteiger partial charge in [0, 0.05) is 21.2 Å². The fraction of sp³-hybridized carbons (Fsp3) is 0.324. The highest BCUT2D eigenvalue weighted by molar-refractivity contribution is 8.00. The number of aromatic nitrogens is 1. The summed E-state index contributed by atoms with van der Waals surface area (Å²) in [6.45, 7) is 13.9. The van der Waals surface area contributed by atoms with E-state index >= 15 is 0 Å². The molecule has 2 heterocycles. The number of hydrogen-bond acceptors (Lipinski definition) is 1. The standard InChI is InChI=1S/C34H36NS/c1-19(2)14-23-8-10-25-18-30-32-27(29(25)17-23)12-13-35(7)33(32)31-21(5)28-16-24(15-20(3)4)9-11-26(28)22(6)34(31)36-30/h8-13,16-20H,14-15H2,1-7H3/q+1. The Hall–Kier alpha value is -2.84. The first-order valence-electron chi connectivity index (χ1n) is 13.3. The second-order valence-corrected chi connectivity index (χ2v) is 12.7. The average Bonchev–Trinajstić information content (AvgIpc) is 2.83. The van der Waals surface area contributed by atoms with Crippen LogP contribution in [0.3, 0.4) is 0 Å². The van der Waals surface area contributed by atoms with E-state index < -0.39 is 0 Å². The van der Waals surface area contributed by atoms with Crippen LogP contribution in [0.15, 0.2) is 64.5 Å². The second kappa shape index (κ2) is 8.63. The van der Waals surface area contributed by atoms with Gasteiger partial charge in [-0.3, -0.25) is 0 Å². The summed E-state index contributed by atoms with van der Waals surface area (Å²) < 4.78 is 2.35. The Balaban J connectivity index is 1.68. The number of rotatable bonds is 4. The molecule has 1 aliphatic heterocycles. The Morgan fingerprint density at radius 1 is 0.722 bits per heavy atom. The molecule has 4 aromatic carbocycles. The molecule has 0 unspecified atom stereocenters. The maximum atomic E-state index is 2.46. The largest absolute Gasteiger partial charge is 0.222 e. The SMILES string of the molecule is Cc1c2c(c(C)c3cc(CC(C)C)ccc13)-c1c3c(cc4ccc(CC(C)C)cc4c3cc[n+]1C)S2. The highest BCUT2D eigenvalue weighted by Gasteiger charge is 2.31. The summed E-state index contributed by atoms with van der Waals surface area (Å²) in [6.07, 6.45) is 4.51. The highest BCUT2D eigenvalue weighted by Crippen LogP contribution is 2.52. The summed E-state index contributed by atoms with van der Waals surface area (Å²) in [7, 11) is 2.21. The summed E-state index contributed by atoms with van der Waals surface area (Å²) in [5.41, 5.74) is 8.47. The molecule has 0 fully saturated rings. The number of hydrogen-bond donors (Lipinski definition) is 0. The fourth-order valence-corrected chi connectivity index (χ4v) is 7.57. The Morgan fingerprint density at radius 3 is 2.08 bits per heavy atom. The minimum absolute atomic E-state index is 0.655. The number of fused-ring (bicyclic) bond motifs is 5. The zero-order chi connectivity index (χ0) is 25.3. The Labute approximate surface area is 219 Å². The number of benzene rings is 4. The van der Waals surface area contributed by atoms with Crippen LogP contribution in [-0.2, 0) is 19.9 Å². The van der Waals surface area contributed by atoms with Crippen molar-refractivity contribution in [1.82, 2.24) is 0 Å². The molecular formula is C34H36NS+. The van der Waals surface area contributed by atoms with Crippen LogP contribution in [0, 0.1) is 25.7 Å². The van der Waals surface area contributed by atoms with E-state index in [1.807, 2.05) is 11.8 Å². The predicted molar refractivity (Wildman–Crippen MR) is 156 cm³/mol. The van der Waals surface area contributed by atoms with Crippen LogP contribution >= 0.6 is 11.8 Å². The number of aryl methyl sites for hydroxylation is 3. The fourth-order valence-electron chi connectivity index (χ4n) is 6.24. The van der Waals surface area contributed by atoms with E-state index in [0.29, 0.717) is 11.8 Å². The van der Waals surface area contributed by atoms with Crippen molar-refractivity contribution in [3.8, 4) is 11.3 Å². The molecule has 2 heteroatoms. The van der Waals surface area contributed by atoms with Gasteiger partial charge in [-0.1, -0.05) is 75.9 Å². The minimum Gasteiger partial charge on any atom is -0.200 e. The van der Waals surface area contributed by atoms with E-state index in [9.17, 15) is 0 Å². The van der Waals surface area contributed by atoms with Crippen molar-refractivity contribution in [3.05, 3.63) is 77.0 Å². The summed E-state index contributed by atoms with van der Waals surface area (Å²) in [6, 6.07) is 19.0. The Kier molecular flexibility index (Phi) is 5.64. The minimum atomic E-state index is 0.655. The molecule has 0 spiro atoms. The van der Waals surface area contributed by atoms with Crippen molar-refractivity contribution in [2.24, 2.45) is 18.9 Å². The molecule has 36 heavy (non-hydrogen) atoms. The average molecular weight is 491 g/mol. The molecule has 0 radical (unpaired) electrons. The second-order valence-electron chi connectivity index (χ2n) is 11.6. The third-order valence-corrected chi connectivity index (χ3v) is 9.09.